The summed E-state index contributed by atoms with van der Waals surface area (Å²) in [6.07, 6.45) is 3.32. The number of hydrogen-bond donors (Lipinski definition) is 2. The normalized spacial score (nSPS) is 11.4. The van der Waals surface area contributed by atoms with E-state index in [0.29, 0.717) is 16.0 Å². The zero-order chi connectivity index (χ0) is 11.4. The van der Waals surface area contributed by atoms with Gasteiger partial charge in [0.1, 0.15) is 0 Å². The van der Waals surface area contributed by atoms with Crippen LogP contribution in [0, 0.1) is 0 Å². The number of thiophene rings is 1. The molecule has 0 radical (unpaired) electrons. The summed E-state index contributed by atoms with van der Waals surface area (Å²) in [7, 11) is 0. The Balaban J connectivity index is 2.08. The summed E-state index contributed by atoms with van der Waals surface area (Å²) in [5.74, 6) is 0.308. The first kappa shape index (κ1) is 10.9. The lowest BCUT2D eigenvalue weighted by Gasteiger charge is -2.01. The molecule has 0 aliphatic heterocycles. The fourth-order valence-corrected chi connectivity index (χ4v) is 1.92. The van der Waals surface area contributed by atoms with Gasteiger partial charge in [-0.05, 0) is 18.2 Å². The van der Waals surface area contributed by atoms with Crippen molar-refractivity contribution in [1.82, 2.24) is 4.98 Å². The Morgan fingerprint density at radius 1 is 1.56 bits per heavy atom. The van der Waals surface area contributed by atoms with Gasteiger partial charge in [-0.1, -0.05) is 11.6 Å². The number of nitrogens with two attached hydrogens (primary N) is 1. The van der Waals surface area contributed by atoms with Gasteiger partial charge in [0, 0.05) is 11.6 Å². The van der Waals surface area contributed by atoms with Crippen molar-refractivity contribution in [2.24, 2.45) is 10.7 Å². The Hall–Kier alpha value is -1.59. The van der Waals surface area contributed by atoms with Gasteiger partial charge in [0.05, 0.1) is 21.9 Å². The second-order valence-corrected chi connectivity index (χ2v) is 4.52. The molecule has 2 aromatic rings. The molecule has 0 fully saturated rings. The van der Waals surface area contributed by atoms with Crippen molar-refractivity contribution >= 4 is 40.3 Å². The lowest BCUT2D eigenvalue weighted by molar-refractivity contribution is 1.30. The number of aliphatic imine (C=N–C) groups is 1. The highest BCUT2D eigenvalue weighted by atomic mass is 35.5. The van der Waals surface area contributed by atoms with E-state index in [9.17, 15) is 0 Å². The molecule has 3 N–H and O–H groups in total. The number of nitrogens with zero attached hydrogens (tertiary/aromatic N) is 2. The second kappa shape index (κ2) is 4.96. The summed E-state index contributed by atoms with van der Waals surface area (Å²) in [5, 5.41) is 4.81. The fraction of sp³-hybridized carbons (Fsp3) is 0. The highest BCUT2D eigenvalue weighted by Gasteiger charge is 1.98. The molecule has 0 atom stereocenters. The Bertz CT molecular complexity index is 495. The van der Waals surface area contributed by atoms with Crippen LogP contribution in [0.15, 0.2) is 41.0 Å². The van der Waals surface area contributed by atoms with E-state index in [4.69, 9.17) is 17.3 Å². The molecule has 82 valence electrons. The van der Waals surface area contributed by atoms with Crippen LogP contribution in [0.5, 0.6) is 0 Å². The number of rotatable bonds is 2. The van der Waals surface area contributed by atoms with E-state index < -0.39 is 0 Å². The minimum absolute atomic E-state index is 0.308. The minimum atomic E-state index is 0.308. The molecule has 2 aromatic heterocycles. The van der Waals surface area contributed by atoms with E-state index in [2.05, 4.69) is 15.3 Å². The molecule has 0 saturated heterocycles. The van der Waals surface area contributed by atoms with Gasteiger partial charge in [-0.25, -0.2) is 4.99 Å². The molecule has 2 heterocycles. The smallest absolute Gasteiger partial charge is 0.198 e. The SMILES string of the molecule is NC(=Nc1cccnc1)Nc1csc(Cl)c1. The van der Waals surface area contributed by atoms with E-state index in [-0.39, 0.29) is 0 Å². The van der Waals surface area contributed by atoms with Crippen LogP contribution in [0.3, 0.4) is 0 Å². The summed E-state index contributed by atoms with van der Waals surface area (Å²) in [5.41, 5.74) is 7.26. The number of aromatic nitrogens is 1. The first-order valence-corrected chi connectivity index (χ1v) is 5.75. The van der Waals surface area contributed by atoms with Crippen molar-refractivity contribution in [2.45, 2.75) is 0 Å². The molecular weight excluding hydrogens is 244 g/mol. The zero-order valence-corrected chi connectivity index (χ0v) is 9.79. The molecule has 16 heavy (non-hydrogen) atoms. The average Bonchev–Trinajstić information content (AvgIpc) is 2.65. The first-order valence-electron chi connectivity index (χ1n) is 4.49. The van der Waals surface area contributed by atoms with Crippen LogP contribution in [-0.4, -0.2) is 10.9 Å². The standard InChI is InChI=1S/C10H9ClN4S/c11-9-4-8(6-16-9)15-10(12)14-7-2-1-3-13-5-7/h1-6H,(H3,12,14,15). The minimum Gasteiger partial charge on any atom is -0.369 e. The van der Waals surface area contributed by atoms with E-state index in [1.165, 1.54) is 11.3 Å². The van der Waals surface area contributed by atoms with Crippen molar-refractivity contribution in [2.75, 3.05) is 5.32 Å². The molecule has 6 heteroatoms. The molecule has 0 bridgehead atoms. The fourth-order valence-electron chi connectivity index (χ4n) is 1.11. The predicted molar refractivity (Wildman–Crippen MR) is 68.5 cm³/mol. The van der Waals surface area contributed by atoms with Crippen molar-refractivity contribution in [3.05, 3.63) is 40.3 Å². The van der Waals surface area contributed by atoms with Crippen LogP contribution < -0.4 is 11.1 Å². The van der Waals surface area contributed by atoms with E-state index in [1.54, 1.807) is 24.5 Å². The number of hydrogen-bond acceptors (Lipinski definition) is 3. The predicted octanol–water partition coefficient (Wildman–Crippen LogP) is 2.85. The van der Waals surface area contributed by atoms with Gasteiger partial charge < -0.3 is 11.1 Å². The third-order valence-corrected chi connectivity index (χ3v) is 2.83. The third kappa shape index (κ3) is 2.95. The van der Waals surface area contributed by atoms with Crippen molar-refractivity contribution < 1.29 is 0 Å². The molecular formula is C10H9ClN4S. The van der Waals surface area contributed by atoms with Gasteiger partial charge in [0.25, 0.3) is 0 Å². The summed E-state index contributed by atoms with van der Waals surface area (Å²) < 4.78 is 0.705. The van der Waals surface area contributed by atoms with Crippen LogP contribution in [0.1, 0.15) is 0 Å². The Morgan fingerprint density at radius 3 is 3.06 bits per heavy atom. The van der Waals surface area contributed by atoms with E-state index in [1.807, 2.05) is 11.4 Å². The maximum Gasteiger partial charge on any atom is 0.198 e. The van der Waals surface area contributed by atoms with Gasteiger partial charge >= 0.3 is 0 Å². The molecule has 0 amide bonds. The molecule has 0 spiro atoms. The summed E-state index contributed by atoms with van der Waals surface area (Å²) in [4.78, 5) is 8.09. The number of nitrogens with one attached hydrogen (secondary N) is 1. The molecule has 0 aliphatic carbocycles. The molecule has 4 nitrogen and oxygen atoms in total. The zero-order valence-electron chi connectivity index (χ0n) is 8.22. The molecule has 0 saturated carbocycles. The second-order valence-electron chi connectivity index (χ2n) is 2.97. The number of anilines is 1. The average molecular weight is 253 g/mol. The van der Waals surface area contributed by atoms with Crippen LogP contribution in [0.4, 0.5) is 11.4 Å². The quantitative estimate of drug-likeness (QED) is 0.638. The van der Waals surface area contributed by atoms with E-state index >= 15 is 0 Å². The molecule has 2 rings (SSSR count). The van der Waals surface area contributed by atoms with Crippen LogP contribution in [-0.2, 0) is 0 Å². The molecule has 0 aromatic carbocycles. The van der Waals surface area contributed by atoms with Crippen LogP contribution in [0.25, 0.3) is 0 Å². The van der Waals surface area contributed by atoms with Crippen molar-refractivity contribution in [1.29, 1.82) is 0 Å². The first-order chi connectivity index (χ1) is 7.74. The lowest BCUT2D eigenvalue weighted by atomic mass is 10.4. The number of pyridine rings is 1. The topological polar surface area (TPSA) is 63.3 Å². The maximum absolute atomic E-state index is 5.79. The maximum atomic E-state index is 5.79. The number of guanidine groups is 1. The Labute approximate surface area is 102 Å². The third-order valence-electron chi connectivity index (χ3n) is 1.74. The summed E-state index contributed by atoms with van der Waals surface area (Å²) in [6.45, 7) is 0. The van der Waals surface area contributed by atoms with Gasteiger partial charge in [-0.3, -0.25) is 4.98 Å². The lowest BCUT2D eigenvalue weighted by Crippen LogP contribution is -2.21. The van der Waals surface area contributed by atoms with Crippen LogP contribution >= 0.6 is 22.9 Å². The summed E-state index contributed by atoms with van der Waals surface area (Å²) >= 11 is 7.22. The van der Waals surface area contributed by atoms with Gasteiger partial charge in [-0.2, -0.15) is 0 Å². The molecule has 0 unspecified atom stereocenters. The van der Waals surface area contributed by atoms with Crippen molar-refractivity contribution in [3.8, 4) is 0 Å². The van der Waals surface area contributed by atoms with Gasteiger partial charge in [0.15, 0.2) is 5.96 Å². The van der Waals surface area contributed by atoms with Gasteiger partial charge in [0.2, 0.25) is 0 Å². The number of halogens is 1. The highest BCUT2D eigenvalue weighted by molar-refractivity contribution is 7.14. The highest BCUT2D eigenvalue weighted by Crippen LogP contribution is 2.23. The Kier molecular flexibility index (Phi) is 3.38. The van der Waals surface area contributed by atoms with Crippen LogP contribution in [0.2, 0.25) is 4.34 Å². The summed E-state index contributed by atoms with van der Waals surface area (Å²) in [6, 6.07) is 5.41. The largest absolute Gasteiger partial charge is 0.369 e. The monoisotopic (exact) mass is 252 g/mol. The molecule has 0 aliphatic rings. The Morgan fingerprint density at radius 2 is 2.44 bits per heavy atom. The van der Waals surface area contributed by atoms with E-state index in [0.717, 1.165) is 5.69 Å². The van der Waals surface area contributed by atoms with Crippen molar-refractivity contribution in [3.63, 3.8) is 0 Å². The van der Waals surface area contributed by atoms with Gasteiger partial charge in [-0.15, -0.1) is 11.3 Å².